The van der Waals surface area contributed by atoms with Gasteiger partial charge in [0.1, 0.15) is 16.3 Å². The SMILES string of the molecule is CCOC(=O)c1c(C)nsc1Nc1cc(Br)cc(OC)c1. The minimum absolute atomic E-state index is 0.332. The molecule has 0 amide bonds. The van der Waals surface area contributed by atoms with Crippen LogP contribution in [-0.4, -0.2) is 24.1 Å². The molecule has 1 heterocycles. The average Bonchev–Trinajstić information content (AvgIpc) is 2.79. The van der Waals surface area contributed by atoms with Gasteiger partial charge in [-0.2, -0.15) is 4.37 Å². The van der Waals surface area contributed by atoms with Crippen LogP contribution in [0.4, 0.5) is 10.7 Å². The first kappa shape index (κ1) is 15.8. The summed E-state index contributed by atoms with van der Waals surface area (Å²) in [6.45, 7) is 3.90. The number of esters is 1. The lowest BCUT2D eigenvalue weighted by Crippen LogP contribution is -2.07. The van der Waals surface area contributed by atoms with E-state index in [1.165, 1.54) is 11.5 Å². The molecular formula is C14H15BrN2O3S. The Hall–Kier alpha value is -1.60. The molecule has 0 aliphatic heterocycles. The minimum atomic E-state index is -0.367. The third-order valence-electron chi connectivity index (χ3n) is 2.71. The van der Waals surface area contributed by atoms with Gasteiger partial charge < -0.3 is 14.8 Å². The number of hydrogen-bond acceptors (Lipinski definition) is 6. The number of carbonyl (C=O) groups excluding carboxylic acids is 1. The summed E-state index contributed by atoms with van der Waals surface area (Å²) in [7, 11) is 1.60. The Morgan fingerprint density at radius 2 is 2.19 bits per heavy atom. The fourth-order valence-corrected chi connectivity index (χ4v) is 3.06. The van der Waals surface area contributed by atoms with Gasteiger partial charge in [0.15, 0.2) is 0 Å². The van der Waals surface area contributed by atoms with Gasteiger partial charge in [-0.1, -0.05) is 15.9 Å². The molecule has 21 heavy (non-hydrogen) atoms. The first-order chi connectivity index (χ1) is 10.0. The summed E-state index contributed by atoms with van der Waals surface area (Å²) in [6, 6.07) is 5.59. The molecule has 2 rings (SSSR count). The van der Waals surface area contributed by atoms with E-state index in [2.05, 4.69) is 25.6 Å². The topological polar surface area (TPSA) is 60.5 Å². The quantitative estimate of drug-likeness (QED) is 0.801. The first-order valence-corrected chi connectivity index (χ1v) is 7.86. The molecule has 0 aliphatic carbocycles. The van der Waals surface area contributed by atoms with Crippen molar-refractivity contribution in [3.8, 4) is 5.75 Å². The summed E-state index contributed by atoms with van der Waals surface area (Å²) in [4.78, 5) is 12.0. The van der Waals surface area contributed by atoms with Crippen LogP contribution in [0.2, 0.25) is 0 Å². The van der Waals surface area contributed by atoms with Gasteiger partial charge in [-0.25, -0.2) is 4.79 Å². The van der Waals surface area contributed by atoms with Crippen molar-refractivity contribution in [3.05, 3.63) is 33.9 Å². The van der Waals surface area contributed by atoms with E-state index in [9.17, 15) is 4.79 Å². The van der Waals surface area contributed by atoms with Crippen molar-refractivity contribution in [2.45, 2.75) is 13.8 Å². The predicted octanol–water partition coefficient (Wildman–Crippen LogP) is 4.14. The lowest BCUT2D eigenvalue weighted by Gasteiger charge is -2.09. The third kappa shape index (κ3) is 3.74. The van der Waals surface area contributed by atoms with Crippen molar-refractivity contribution in [1.29, 1.82) is 0 Å². The van der Waals surface area contributed by atoms with E-state index < -0.39 is 0 Å². The Balaban J connectivity index is 2.32. The second-order valence-corrected chi connectivity index (χ2v) is 5.89. The molecule has 0 fully saturated rings. The number of nitrogens with one attached hydrogen (secondary N) is 1. The number of aryl methyl sites for hydroxylation is 1. The molecule has 2 aromatic rings. The first-order valence-electron chi connectivity index (χ1n) is 6.30. The van der Waals surface area contributed by atoms with Crippen molar-refractivity contribution in [2.24, 2.45) is 0 Å². The van der Waals surface area contributed by atoms with Gasteiger partial charge in [0.2, 0.25) is 0 Å². The van der Waals surface area contributed by atoms with Crippen molar-refractivity contribution >= 4 is 44.1 Å². The molecule has 1 N–H and O–H groups in total. The number of aromatic nitrogens is 1. The number of anilines is 2. The molecule has 0 unspecified atom stereocenters. The number of hydrogen-bond donors (Lipinski definition) is 1. The maximum absolute atomic E-state index is 12.0. The fraction of sp³-hybridized carbons (Fsp3) is 0.286. The number of rotatable bonds is 5. The van der Waals surface area contributed by atoms with Gasteiger partial charge >= 0.3 is 5.97 Å². The average molecular weight is 371 g/mol. The van der Waals surface area contributed by atoms with Crippen molar-refractivity contribution < 1.29 is 14.3 Å². The van der Waals surface area contributed by atoms with Crippen LogP contribution >= 0.6 is 27.5 Å². The van der Waals surface area contributed by atoms with E-state index in [1.54, 1.807) is 21.0 Å². The van der Waals surface area contributed by atoms with Gasteiger partial charge in [-0.15, -0.1) is 0 Å². The molecule has 0 atom stereocenters. The molecule has 1 aromatic heterocycles. The predicted molar refractivity (Wildman–Crippen MR) is 86.8 cm³/mol. The Kier molecular flexibility index (Phi) is 5.19. The van der Waals surface area contributed by atoms with Crippen LogP contribution in [0.25, 0.3) is 0 Å². The van der Waals surface area contributed by atoms with Gasteiger partial charge in [0.05, 0.1) is 19.4 Å². The lowest BCUT2D eigenvalue weighted by molar-refractivity contribution is 0.0527. The molecular weight excluding hydrogens is 356 g/mol. The summed E-state index contributed by atoms with van der Waals surface area (Å²) in [6.07, 6.45) is 0. The van der Waals surface area contributed by atoms with E-state index in [-0.39, 0.29) is 5.97 Å². The van der Waals surface area contributed by atoms with Gasteiger partial charge in [-0.3, -0.25) is 0 Å². The number of nitrogens with zero attached hydrogens (tertiary/aromatic N) is 1. The molecule has 112 valence electrons. The molecule has 1 aromatic carbocycles. The second-order valence-electron chi connectivity index (χ2n) is 4.20. The van der Waals surface area contributed by atoms with E-state index in [0.29, 0.717) is 28.6 Å². The zero-order valence-corrected chi connectivity index (χ0v) is 14.3. The largest absolute Gasteiger partial charge is 0.497 e. The summed E-state index contributed by atoms with van der Waals surface area (Å²) in [5.74, 6) is 0.346. The maximum Gasteiger partial charge on any atom is 0.343 e. The van der Waals surface area contributed by atoms with Gasteiger partial charge in [-0.05, 0) is 37.5 Å². The summed E-state index contributed by atoms with van der Waals surface area (Å²) >= 11 is 4.65. The van der Waals surface area contributed by atoms with E-state index in [1.807, 2.05) is 18.2 Å². The van der Waals surface area contributed by atoms with Crippen molar-refractivity contribution in [1.82, 2.24) is 4.37 Å². The standard InChI is InChI=1S/C14H15BrN2O3S/c1-4-20-14(18)12-8(2)17-21-13(12)16-10-5-9(15)6-11(7-10)19-3/h5-7,16H,4H2,1-3H3. The number of benzene rings is 1. The second kappa shape index (κ2) is 6.91. The summed E-state index contributed by atoms with van der Waals surface area (Å²) < 4.78 is 15.4. The van der Waals surface area contributed by atoms with Crippen LogP contribution in [0.15, 0.2) is 22.7 Å². The van der Waals surface area contributed by atoms with Crippen LogP contribution in [0.5, 0.6) is 5.75 Å². The number of carbonyl (C=O) groups is 1. The number of ether oxygens (including phenoxy) is 2. The monoisotopic (exact) mass is 370 g/mol. The van der Waals surface area contributed by atoms with E-state index in [0.717, 1.165) is 10.2 Å². The summed E-state index contributed by atoms with van der Waals surface area (Å²) in [5, 5.41) is 3.85. The van der Waals surface area contributed by atoms with Gasteiger partial charge in [0, 0.05) is 16.2 Å². The molecule has 0 aliphatic rings. The number of halogens is 1. The highest BCUT2D eigenvalue weighted by atomic mass is 79.9. The lowest BCUT2D eigenvalue weighted by atomic mass is 10.2. The Morgan fingerprint density at radius 3 is 2.86 bits per heavy atom. The van der Waals surface area contributed by atoms with Crippen LogP contribution in [-0.2, 0) is 4.74 Å². The Bertz CT molecular complexity index is 658. The summed E-state index contributed by atoms with van der Waals surface area (Å²) in [5.41, 5.74) is 1.93. The zero-order chi connectivity index (χ0) is 15.4. The fourth-order valence-electron chi connectivity index (χ4n) is 1.78. The third-order valence-corrected chi connectivity index (χ3v) is 4.02. The van der Waals surface area contributed by atoms with E-state index >= 15 is 0 Å². The maximum atomic E-state index is 12.0. The van der Waals surface area contributed by atoms with Crippen LogP contribution in [0.3, 0.4) is 0 Å². The Morgan fingerprint density at radius 1 is 1.43 bits per heavy atom. The molecule has 7 heteroatoms. The highest BCUT2D eigenvalue weighted by Gasteiger charge is 2.20. The van der Waals surface area contributed by atoms with Crippen LogP contribution in [0, 0.1) is 6.92 Å². The molecule has 0 radical (unpaired) electrons. The molecule has 0 saturated heterocycles. The van der Waals surface area contributed by atoms with Gasteiger partial charge in [0.25, 0.3) is 0 Å². The van der Waals surface area contributed by atoms with E-state index in [4.69, 9.17) is 9.47 Å². The minimum Gasteiger partial charge on any atom is -0.497 e. The molecule has 0 saturated carbocycles. The highest BCUT2D eigenvalue weighted by molar-refractivity contribution is 9.10. The molecule has 0 bridgehead atoms. The Labute approximate surface area is 135 Å². The highest BCUT2D eigenvalue weighted by Crippen LogP contribution is 2.32. The number of methoxy groups -OCH3 is 1. The molecule has 5 nitrogen and oxygen atoms in total. The zero-order valence-electron chi connectivity index (χ0n) is 11.9. The van der Waals surface area contributed by atoms with Crippen molar-refractivity contribution in [2.75, 3.05) is 19.0 Å². The smallest absolute Gasteiger partial charge is 0.343 e. The normalized spacial score (nSPS) is 10.3. The van der Waals surface area contributed by atoms with Crippen LogP contribution in [0.1, 0.15) is 23.0 Å². The van der Waals surface area contributed by atoms with Crippen molar-refractivity contribution in [3.63, 3.8) is 0 Å². The van der Waals surface area contributed by atoms with Crippen LogP contribution < -0.4 is 10.1 Å². The molecule has 0 spiro atoms.